The van der Waals surface area contributed by atoms with Crippen molar-refractivity contribution in [2.45, 2.75) is 97.1 Å². The molecule has 0 heterocycles. The second-order valence-electron chi connectivity index (χ2n) is 11.7. The van der Waals surface area contributed by atoms with Gasteiger partial charge < -0.3 is 15.5 Å². The predicted octanol–water partition coefficient (Wildman–Crippen LogP) is 4.71. The van der Waals surface area contributed by atoms with Crippen LogP contribution < -0.4 is 5.32 Å². The van der Waals surface area contributed by atoms with Gasteiger partial charge >= 0.3 is 5.97 Å². The van der Waals surface area contributed by atoms with Crippen molar-refractivity contribution in [2.24, 2.45) is 46.3 Å². The summed E-state index contributed by atoms with van der Waals surface area (Å²) in [5.41, 5.74) is 0.678. The lowest BCUT2D eigenvalue weighted by molar-refractivity contribution is -0.167. The van der Waals surface area contributed by atoms with E-state index < -0.39 is 5.97 Å². The molecule has 4 nitrogen and oxygen atoms in total. The summed E-state index contributed by atoms with van der Waals surface area (Å²) < 4.78 is 0. The maximum atomic E-state index is 11.4. The second kappa shape index (κ2) is 7.82. The van der Waals surface area contributed by atoms with E-state index in [-0.39, 0.29) is 11.5 Å². The van der Waals surface area contributed by atoms with Crippen LogP contribution in [0.5, 0.6) is 0 Å². The molecule has 3 N–H and O–H groups in total. The van der Waals surface area contributed by atoms with E-state index in [9.17, 15) is 9.90 Å². The molecule has 4 aliphatic carbocycles. The molecule has 4 fully saturated rings. The van der Waals surface area contributed by atoms with Gasteiger partial charge in [-0.05, 0) is 111 Å². The number of nitrogens with one attached hydrogen (secondary N) is 1. The molecule has 4 rings (SSSR count). The molecule has 0 aromatic carbocycles. The van der Waals surface area contributed by atoms with E-state index in [4.69, 9.17) is 5.11 Å². The summed E-state index contributed by atoms with van der Waals surface area (Å²) in [6, 6.07) is 0.622. The fraction of sp³-hybridized carbons (Fsp3) is 0.960. The molecule has 10 unspecified atom stereocenters. The standard InChI is InChI=1S/C25H43NO3/c1-15(5-8-22(28)29)18-6-7-19-23-20(10-12-25(18,19)3)24(2)11-9-17(26-4)13-16(24)14-21(23)27/h15-21,23,26-27H,5-14H2,1-4H3,(H,28,29). The van der Waals surface area contributed by atoms with Gasteiger partial charge in [0, 0.05) is 12.5 Å². The fourth-order valence-electron chi connectivity index (χ4n) is 9.01. The smallest absolute Gasteiger partial charge is 0.303 e. The molecule has 0 aromatic rings. The SMILES string of the molecule is CNC1CCC2(C)C(C1)CC(O)C1C2CCC2(C)C(C(C)CCC(=O)O)CCC12. The van der Waals surface area contributed by atoms with Crippen molar-refractivity contribution in [1.29, 1.82) is 0 Å². The molecular weight excluding hydrogens is 362 g/mol. The van der Waals surface area contributed by atoms with Crippen LogP contribution in [0.25, 0.3) is 0 Å². The summed E-state index contributed by atoms with van der Waals surface area (Å²) >= 11 is 0. The summed E-state index contributed by atoms with van der Waals surface area (Å²) in [7, 11) is 2.09. The van der Waals surface area contributed by atoms with Crippen LogP contribution in [0.3, 0.4) is 0 Å². The Morgan fingerprint density at radius 2 is 1.76 bits per heavy atom. The van der Waals surface area contributed by atoms with E-state index in [0.717, 1.165) is 12.8 Å². The van der Waals surface area contributed by atoms with Gasteiger partial charge in [0.1, 0.15) is 0 Å². The van der Waals surface area contributed by atoms with Crippen LogP contribution in [-0.4, -0.2) is 35.4 Å². The predicted molar refractivity (Wildman–Crippen MR) is 115 cm³/mol. The number of rotatable bonds is 5. The van der Waals surface area contributed by atoms with Crippen LogP contribution in [0.4, 0.5) is 0 Å². The third-order valence-electron chi connectivity index (χ3n) is 10.7. The van der Waals surface area contributed by atoms with Gasteiger partial charge in [-0.2, -0.15) is 0 Å². The zero-order valence-corrected chi connectivity index (χ0v) is 19.0. The van der Waals surface area contributed by atoms with Crippen LogP contribution in [0, 0.1) is 46.3 Å². The topological polar surface area (TPSA) is 69.6 Å². The molecule has 29 heavy (non-hydrogen) atoms. The molecule has 0 spiro atoms. The molecule has 0 amide bonds. The van der Waals surface area contributed by atoms with Gasteiger partial charge in [-0.25, -0.2) is 0 Å². The number of hydrogen-bond donors (Lipinski definition) is 3. The number of carboxylic acid groups (broad SMARTS) is 1. The second-order valence-corrected chi connectivity index (χ2v) is 11.7. The highest BCUT2D eigenvalue weighted by atomic mass is 16.4. The van der Waals surface area contributed by atoms with Crippen LogP contribution in [0.15, 0.2) is 0 Å². The van der Waals surface area contributed by atoms with Gasteiger partial charge in [0.15, 0.2) is 0 Å². The summed E-state index contributed by atoms with van der Waals surface area (Å²) in [5.74, 6) is 2.81. The third-order valence-corrected chi connectivity index (χ3v) is 10.7. The van der Waals surface area contributed by atoms with E-state index in [1.54, 1.807) is 0 Å². The number of aliphatic hydroxyl groups is 1. The Kier molecular flexibility index (Phi) is 5.83. The molecular formula is C25H43NO3. The lowest BCUT2D eigenvalue weighted by Gasteiger charge is -2.62. The Morgan fingerprint density at radius 1 is 1.07 bits per heavy atom. The normalized spacial score (nSPS) is 50.3. The van der Waals surface area contributed by atoms with Gasteiger partial charge in [0.2, 0.25) is 0 Å². The van der Waals surface area contributed by atoms with Crippen LogP contribution >= 0.6 is 0 Å². The van der Waals surface area contributed by atoms with Crippen molar-refractivity contribution < 1.29 is 15.0 Å². The average molecular weight is 406 g/mol. The number of carbonyl (C=O) groups is 1. The van der Waals surface area contributed by atoms with Crippen LogP contribution in [0.2, 0.25) is 0 Å². The van der Waals surface area contributed by atoms with Crippen molar-refractivity contribution in [2.75, 3.05) is 7.05 Å². The zero-order chi connectivity index (χ0) is 21.0. The van der Waals surface area contributed by atoms with Crippen molar-refractivity contribution in [3.63, 3.8) is 0 Å². The Labute approximate surface area is 177 Å². The van der Waals surface area contributed by atoms with Crippen molar-refractivity contribution >= 4 is 5.97 Å². The van der Waals surface area contributed by atoms with Gasteiger partial charge in [-0.3, -0.25) is 4.79 Å². The number of fused-ring (bicyclic) bond motifs is 5. The quantitative estimate of drug-likeness (QED) is 0.620. The Balaban J connectivity index is 1.54. The summed E-state index contributed by atoms with van der Waals surface area (Å²) in [6.07, 6.45) is 10.7. The van der Waals surface area contributed by atoms with Crippen LogP contribution in [0.1, 0.15) is 85.0 Å². The first-order chi connectivity index (χ1) is 13.7. The molecule has 166 valence electrons. The minimum absolute atomic E-state index is 0.147. The average Bonchev–Trinajstić information content (AvgIpc) is 3.03. The number of hydrogen-bond acceptors (Lipinski definition) is 3. The Bertz CT molecular complexity index is 623. The number of carboxylic acids is 1. The zero-order valence-electron chi connectivity index (χ0n) is 19.0. The number of aliphatic carboxylic acids is 1. The Hall–Kier alpha value is -0.610. The lowest BCUT2D eigenvalue weighted by atomic mass is 9.43. The van der Waals surface area contributed by atoms with E-state index in [1.165, 1.54) is 44.9 Å². The fourth-order valence-corrected chi connectivity index (χ4v) is 9.01. The van der Waals surface area contributed by atoms with E-state index in [0.29, 0.717) is 53.4 Å². The molecule has 4 aliphatic rings. The van der Waals surface area contributed by atoms with Crippen molar-refractivity contribution in [3.8, 4) is 0 Å². The molecule has 0 aromatic heterocycles. The highest BCUT2D eigenvalue weighted by Crippen LogP contribution is 2.68. The lowest BCUT2D eigenvalue weighted by Crippen LogP contribution is -2.59. The van der Waals surface area contributed by atoms with Crippen molar-refractivity contribution in [1.82, 2.24) is 5.32 Å². The summed E-state index contributed by atoms with van der Waals surface area (Å²) in [5, 5.41) is 24.0. The molecule has 4 saturated carbocycles. The van der Waals surface area contributed by atoms with Gasteiger partial charge in [-0.1, -0.05) is 20.8 Å². The van der Waals surface area contributed by atoms with E-state index in [2.05, 4.69) is 33.1 Å². The molecule has 4 heteroatoms. The van der Waals surface area contributed by atoms with E-state index >= 15 is 0 Å². The Morgan fingerprint density at radius 3 is 2.45 bits per heavy atom. The number of aliphatic hydroxyl groups excluding tert-OH is 1. The first kappa shape index (κ1) is 21.6. The highest BCUT2D eigenvalue weighted by Gasteiger charge is 2.62. The summed E-state index contributed by atoms with van der Waals surface area (Å²) in [6.45, 7) is 7.32. The van der Waals surface area contributed by atoms with Gasteiger partial charge in [0.25, 0.3) is 0 Å². The first-order valence-corrected chi connectivity index (χ1v) is 12.3. The first-order valence-electron chi connectivity index (χ1n) is 12.3. The monoisotopic (exact) mass is 405 g/mol. The molecule has 0 bridgehead atoms. The molecule has 0 aliphatic heterocycles. The minimum atomic E-state index is -0.668. The highest BCUT2D eigenvalue weighted by molar-refractivity contribution is 5.66. The third kappa shape index (κ3) is 3.46. The van der Waals surface area contributed by atoms with Gasteiger partial charge in [-0.15, -0.1) is 0 Å². The van der Waals surface area contributed by atoms with Crippen molar-refractivity contribution in [3.05, 3.63) is 0 Å². The maximum absolute atomic E-state index is 11.4. The molecule has 10 atom stereocenters. The van der Waals surface area contributed by atoms with Gasteiger partial charge in [0.05, 0.1) is 6.10 Å². The van der Waals surface area contributed by atoms with E-state index in [1.807, 2.05) is 0 Å². The maximum Gasteiger partial charge on any atom is 0.303 e. The molecule has 0 radical (unpaired) electrons. The minimum Gasteiger partial charge on any atom is -0.481 e. The summed E-state index contributed by atoms with van der Waals surface area (Å²) in [4.78, 5) is 11.1. The molecule has 0 saturated heterocycles. The largest absolute Gasteiger partial charge is 0.481 e. The van der Waals surface area contributed by atoms with Crippen LogP contribution in [-0.2, 0) is 4.79 Å².